The highest BCUT2D eigenvalue weighted by Gasteiger charge is 2.32. The number of aromatic nitrogens is 2. The fourth-order valence-electron chi connectivity index (χ4n) is 4.59. The van der Waals surface area contributed by atoms with Crippen molar-refractivity contribution < 1.29 is 18.7 Å². The summed E-state index contributed by atoms with van der Waals surface area (Å²) < 4.78 is 21.1. The number of hydrogen-bond donors (Lipinski definition) is 1. The van der Waals surface area contributed by atoms with Crippen molar-refractivity contribution >= 4 is 23.2 Å². The molecule has 3 aromatic rings. The minimum atomic E-state index is -0.282. The summed E-state index contributed by atoms with van der Waals surface area (Å²) in [5.41, 5.74) is 2.07. The third-order valence-corrected chi connectivity index (χ3v) is 7.51. The van der Waals surface area contributed by atoms with Gasteiger partial charge in [-0.3, -0.25) is 9.59 Å². The van der Waals surface area contributed by atoms with Crippen LogP contribution in [0.2, 0.25) is 0 Å². The van der Waals surface area contributed by atoms with Gasteiger partial charge in [0.05, 0.1) is 25.2 Å². The number of likely N-dealkylation sites (tertiary alicyclic amines) is 1. The van der Waals surface area contributed by atoms with Crippen molar-refractivity contribution in [3.63, 3.8) is 0 Å². The normalized spacial score (nSPS) is 18.5. The van der Waals surface area contributed by atoms with Gasteiger partial charge in [0, 0.05) is 30.4 Å². The van der Waals surface area contributed by atoms with Crippen molar-refractivity contribution in [1.29, 1.82) is 0 Å². The Morgan fingerprint density at radius 1 is 1.18 bits per heavy atom. The number of imidazole rings is 1. The van der Waals surface area contributed by atoms with E-state index in [4.69, 9.17) is 4.74 Å². The van der Waals surface area contributed by atoms with Gasteiger partial charge in [-0.1, -0.05) is 18.2 Å². The first-order valence-electron chi connectivity index (χ1n) is 11.6. The molecule has 0 spiro atoms. The first-order valence-corrected chi connectivity index (χ1v) is 12.5. The van der Waals surface area contributed by atoms with Gasteiger partial charge in [-0.05, 0) is 48.4 Å². The van der Waals surface area contributed by atoms with Gasteiger partial charge in [-0.2, -0.15) is 0 Å². The summed E-state index contributed by atoms with van der Waals surface area (Å²) in [4.78, 5) is 33.1. The number of halogens is 1. The predicted molar refractivity (Wildman–Crippen MR) is 126 cm³/mol. The molecule has 2 amide bonds. The van der Waals surface area contributed by atoms with E-state index in [9.17, 15) is 14.0 Å². The first-order chi connectivity index (χ1) is 16.6. The van der Waals surface area contributed by atoms with Crippen LogP contribution in [-0.4, -0.2) is 45.9 Å². The Kier molecular flexibility index (Phi) is 6.73. The molecule has 1 N–H and O–H groups in total. The average molecular weight is 483 g/mol. The number of carbonyl (C=O) groups excluding carboxylic acids is 2. The van der Waals surface area contributed by atoms with Gasteiger partial charge >= 0.3 is 0 Å². The molecule has 0 aliphatic carbocycles. The summed E-state index contributed by atoms with van der Waals surface area (Å²) in [6.45, 7) is 2.50. The summed E-state index contributed by atoms with van der Waals surface area (Å²) in [7, 11) is 0. The highest BCUT2D eigenvalue weighted by Crippen LogP contribution is 2.29. The molecule has 2 aliphatic heterocycles. The molecular weight excluding hydrogens is 455 g/mol. The highest BCUT2D eigenvalue weighted by molar-refractivity contribution is 7.09. The van der Waals surface area contributed by atoms with E-state index < -0.39 is 0 Å². The standard InChI is InChI=1S/C25H27FN4O3S/c26-19-5-3-17(4-6-19)22-14-30-16-28-23(21(30)15-33-22)25(32)29-11-8-18(9-12-29)24(31)27-10-7-20-2-1-13-34-20/h1-6,13,16,18,22H,7-12,14-15H2,(H,27,31). The number of carbonyl (C=O) groups is 2. The molecule has 178 valence electrons. The maximum atomic E-state index is 13.2. The first kappa shape index (κ1) is 22.7. The molecule has 7 nitrogen and oxygen atoms in total. The number of benzene rings is 1. The highest BCUT2D eigenvalue weighted by atomic mass is 32.1. The van der Waals surface area contributed by atoms with E-state index in [0.717, 1.165) is 17.7 Å². The van der Waals surface area contributed by atoms with Crippen LogP contribution in [0.25, 0.3) is 0 Å². The van der Waals surface area contributed by atoms with E-state index in [2.05, 4.69) is 16.4 Å². The second kappa shape index (κ2) is 10.1. The number of nitrogens with zero attached hydrogens (tertiary/aromatic N) is 3. The number of ether oxygens (including phenoxy) is 1. The largest absolute Gasteiger partial charge is 0.365 e. The lowest BCUT2D eigenvalue weighted by molar-refractivity contribution is -0.126. The molecule has 1 atom stereocenters. The minimum absolute atomic E-state index is 0.0666. The fraction of sp³-hybridized carbons (Fsp3) is 0.400. The molecule has 1 fully saturated rings. The van der Waals surface area contributed by atoms with Crippen LogP contribution in [0, 0.1) is 11.7 Å². The van der Waals surface area contributed by atoms with Crippen LogP contribution >= 0.6 is 11.3 Å². The summed E-state index contributed by atoms with van der Waals surface area (Å²) >= 11 is 1.70. The molecule has 4 heterocycles. The smallest absolute Gasteiger partial charge is 0.274 e. The van der Waals surface area contributed by atoms with Crippen molar-refractivity contribution in [3.8, 4) is 0 Å². The van der Waals surface area contributed by atoms with E-state index >= 15 is 0 Å². The maximum Gasteiger partial charge on any atom is 0.274 e. The Morgan fingerprint density at radius 2 is 1.97 bits per heavy atom. The topological polar surface area (TPSA) is 76.5 Å². The average Bonchev–Trinajstić information content (AvgIpc) is 3.54. The second-order valence-corrected chi connectivity index (χ2v) is 9.76. The second-order valence-electron chi connectivity index (χ2n) is 8.73. The van der Waals surface area contributed by atoms with Crippen LogP contribution < -0.4 is 5.32 Å². The Morgan fingerprint density at radius 3 is 2.71 bits per heavy atom. The molecule has 1 unspecified atom stereocenters. The van der Waals surface area contributed by atoms with Crippen molar-refractivity contribution in [2.45, 2.75) is 38.5 Å². The van der Waals surface area contributed by atoms with Crippen LogP contribution in [-0.2, 0) is 29.1 Å². The number of nitrogens with one attached hydrogen (secondary N) is 1. The lowest BCUT2D eigenvalue weighted by Crippen LogP contribution is -2.43. The van der Waals surface area contributed by atoms with Gasteiger partial charge in [-0.25, -0.2) is 9.37 Å². The molecule has 2 aliphatic rings. The molecule has 5 rings (SSSR count). The van der Waals surface area contributed by atoms with E-state index in [0.29, 0.717) is 44.7 Å². The summed E-state index contributed by atoms with van der Waals surface area (Å²) in [6, 6.07) is 10.4. The number of rotatable bonds is 6. The maximum absolute atomic E-state index is 13.2. The number of fused-ring (bicyclic) bond motifs is 1. The molecule has 0 radical (unpaired) electrons. The van der Waals surface area contributed by atoms with E-state index in [1.54, 1.807) is 34.7 Å². The zero-order valence-electron chi connectivity index (χ0n) is 18.8. The van der Waals surface area contributed by atoms with Crippen LogP contribution in [0.15, 0.2) is 48.1 Å². The Hall–Kier alpha value is -3.04. The van der Waals surface area contributed by atoms with E-state index in [-0.39, 0.29) is 36.3 Å². The fourth-order valence-corrected chi connectivity index (χ4v) is 5.30. The molecule has 1 aromatic carbocycles. The Balaban J connectivity index is 1.14. The van der Waals surface area contributed by atoms with Crippen molar-refractivity contribution in [3.05, 3.63) is 75.8 Å². The van der Waals surface area contributed by atoms with Crippen LogP contribution in [0.3, 0.4) is 0 Å². The van der Waals surface area contributed by atoms with Gasteiger partial charge in [0.15, 0.2) is 5.69 Å². The summed E-state index contributed by atoms with van der Waals surface area (Å²) in [5.74, 6) is -0.393. The summed E-state index contributed by atoms with van der Waals surface area (Å²) in [5, 5.41) is 5.07. The minimum Gasteiger partial charge on any atom is -0.365 e. The molecule has 34 heavy (non-hydrogen) atoms. The lowest BCUT2D eigenvalue weighted by Gasteiger charge is -2.31. The predicted octanol–water partition coefficient (Wildman–Crippen LogP) is 3.57. The Bertz CT molecular complexity index is 1140. The third-order valence-electron chi connectivity index (χ3n) is 6.58. The number of amides is 2. The molecule has 9 heteroatoms. The van der Waals surface area contributed by atoms with Gasteiger partial charge in [-0.15, -0.1) is 11.3 Å². The van der Waals surface area contributed by atoms with Crippen LogP contribution in [0.4, 0.5) is 4.39 Å². The lowest BCUT2D eigenvalue weighted by atomic mass is 9.95. The van der Waals surface area contributed by atoms with E-state index in [1.807, 2.05) is 16.0 Å². The van der Waals surface area contributed by atoms with Crippen LogP contribution in [0.5, 0.6) is 0 Å². The zero-order valence-corrected chi connectivity index (χ0v) is 19.6. The molecule has 2 aromatic heterocycles. The monoisotopic (exact) mass is 482 g/mol. The van der Waals surface area contributed by atoms with Crippen molar-refractivity contribution in [2.75, 3.05) is 19.6 Å². The molecule has 1 saturated heterocycles. The van der Waals surface area contributed by atoms with Gasteiger partial charge < -0.3 is 19.5 Å². The summed E-state index contributed by atoms with van der Waals surface area (Å²) in [6.07, 6.45) is 3.61. The molecule has 0 saturated carbocycles. The molecular formula is C25H27FN4O3S. The van der Waals surface area contributed by atoms with Crippen molar-refractivity contribution in [2.24, 2.45) is 5.92 Å². The quantitative estimate of drug-likeness (QED) is 0.583. The van der Waals surface area contributed by atoms with Gasteiger partial charge in [0.1, 0.15) is 11.9 Å². The zero-order chi connectivity index (χ0) is 23.5. The number of hydrogen-bond acceptors (Lipinski definition) is 5. The van der Waals surface area contributed by atoms with Gasteiger partial charge in [0.25, 0.3) is 5.91 Å². The van der Waals surface area contributed by atoms with Crippen molar-refractivity contribution in [1.82, 2.24) is 19.8 Å². The SMILES string of the molecule is O=C(NCCc1cccs1)C1CCN(C(=O)c2ncn3c2COC(c2ccc(F)cc2)C3)CC1. The Labute approximate surface area is 201 Å². The van der Waals surface area contributed by atoms with E-state index in [1.165, 1.54) is 17.0 Å². The molecule has 0 bridgehead atoms. The van der Waals surface area contributed by atoms with Crippen LogP contribution in [0.1, 0.15) is 45.6 Å². The third kappa shape index (κ3) is 4.90. The number of piperidine rings is 1. The number of thiophene rings is 1. The van der Waals surface area contributed by atoms with Gasteiger partial charge in [0.2, 0.25) is 5.91 Å².